The lowest BCUT2D eigenvalue weighted by Crippen LogP contribution is -2.48. The zero-order valence-corrected chi connectivity index (χ0v) is 16.9. The van der Waals surface area contributed by atoms with Gasteiger partial charge in [0, 0.05) is 19.0 Å². The minimum Gasteiger partial charge on any atom is -0.351 e. The van der Waals surface area contributed by atoms with E-state index in [2.05, 4.69) is 0 Å². The number of nitrogens with two attached hydrogens (primary N) is 1. The predicted octanol–water partition coefficient (Wildman–Crippen LogP) is 3.35. The van der Waals surface area contributed by atoms with E-state index in [4.69, 9.17) is 9.92 Å². The SMILES string of the molecule is CC(C)S(=O)(=O)OC1CCN(C(N)=O)CC1c1ccc(-c2ccccc2)cc1. The molecule has 1 saturated heterocycles. The molecule has 0 spiro atoms. The maximum absolute atomic E-state index is 12.3. The second-order valence-corrected chi connectivity index (χ2v) is 9.46. The number of nitrogens with zero attached hydrogens (tertiary/aromatic N) is 1. The highest BCUT2D eigenvalue weighted by Crippen LogP contribution is 2.32. The number of carbonyl (C=O) groups excluding carboxylic acids is 1. The van der Waals surface area contributed by atoms with Crippen LogP contribution in [0, 0.1) is 0 Å². The molecule has 150 valence electrons. The topological polar surface area (TPSA) is 89.7 Å². The van der Waals surface area contributed by atoms with Gasteiger partial charge >= 0.3 is 6.03 Å². The van der Waals surface area contributed by atoms with Gasteiger partial charge in [-0.05, 0) is 37.0 Å². The Morgan fingerprint density at radius 1 is 1.07 bits per heavy atom. The van der Waals surface area contributed by atoms with Crippen LogP contribution in [0.25, 0.3) is 11.1 Å². The fraction of sp³-hybridized carbons (Fsp3) is 0.381. The molecule has 3 rings (SSSR count). The fourth-order valence-electron chi connectivity index (χ4n) is 3.40. The number of urea groups is 1. The highest BCUT2D eigenvalue weighted by Gasteiger charge is 2.36. The highest BCUT2D eigenvalue weighted by atomic mass is 32.2. The van der Waals surface area contributed by atoms with Crippen molar-refractivity contribution in [3.8, 4) is 11.1 Å². The molecule has 0 aliphatic carbocycles. The van der Waals surface area contributed by atoms with Gasteiger partial charge in [0.1, 0.15) is 0 Å². The quantitative estimate of drug-likeness (QED) is 0.777. The molecule has 6 nitrogen and oxygen atoms in total. The third-order valence-corrected chi connectivity index (χ3v) is 6.81. The lowest BCUT2D eigenvalue weighted by molar-refractivity contribution is 0.0966. The van der Waals surface area contributed by atoms with Crippen LogP contribution in [0.1, 0.15) is 31.7 Å². The number of carbonyl (C=O) groups is 1. The number of likely N-dealkylation sites (tertiary alicyclic amines) is 1. The summed E-state index contributed by atoms with van der Waals surface area (Å²) in [5.41, 5.74) is 8.55. The van der Waals surface area contributed by atoms with E-state index in [9.17, 15) is 13.2 Å². The average Bonchev–Trinajstić information content (AvgIpc) is 2.68. The first-order valence-corrected chi connectivity index (χ1v) is 10.9. The molecule has 1 aliphatic heterocycles. The van der Waals surface area contributed by atoms with Gasteiger partial charge in [0.2, 0.25) is 0 Å². The third-order valence-electron chi connectivity index (χ3n) is 5.14. The molecule has 2 unspecified atom stereocenters. The van der Waals surface area contributed by atoms with Gasteiger partial charge in [-0.15, -0.1) is 0 Å². The summed E-state index contributed by atoms with van der Waals surface area (Å²) in [6.45, 7) is 3.90. The number of primary amides is 1. The summed E-state index contributed by atoms with van der Waals surface area (Å²) in [6.07, 6.45) is -0.106. The second-order valence-electron chi connectivity index (χ2n) is 7.34. The molecule has 1 aliphatic rings. The first-order chi connectivity index (χ1) is 13.3. The van der Waals surface area contributed by atoms with Crippen LogP contribution in [-0.4, -0.2) is 43.8 Å². The monoisotopic (exact) mass is 402 g/mol. The second kappa shape index (κ2) is 8.32. The molecule has 0 saturated carbocycles. The standard InChI is InChI=1S/C21H26N2O4S/c1-15(2)28(25,26)27-20-12-13-23(21(22)24)14-19(20)18-10-8-17(9-11-18)16-6-4-3-5-7-16/h3-11,15,19-20H,12-14H2,1-2H3,(H2,22,24). The first-order valence-electron chi connectivity index (χ1n) is 9.40. The summed E-state index contributed by atoms with van der Waals surface area (Å²) in [7, 11) is -3.66. The van der Waals surface area contributed by atoms with Crippen molar-refractivity contribution in [2.75, 3.05) is 13.1 Å². The Morgan fingerprint density at radius 2 is 1.68 bits per heavy atom. The molecule has 2 aromatic rings. The number of piperidine rings is 1. The molecule has 2 aromatic carbocycles. The number of hydrogen-bond acceptors (Lipinski definition) is 4. The molecule has 2 N–H and O–H groups in total. The van der Waals surface area contributed by atoms with Crippen molar-refractivity contribution in [3.05, 3.63) is 60.2 Å². The minimum absolute atomic E-state index is 0.264. The van der Waals surface area contributed by atoms with Gasteiger partial charge in [-0.2, -0.15) is 8.42 Å². The summed E-state index contributed by atoms with van der Waals surface area (Å²) < 4.78 is 30.1. The van der Waals surface area contributed by atoms with Crippen molar-refractivity contribution < 1.29 is 17.4 Å². The van der Waals surface area contributed by atoms with Crippen LogP contribution in [-0.2, 0) is 14.3 Å². The largest absolute Gasteiger partial charge is 0.351 e. The zero-order valence-electron chi connectivity index (χ0n) is 16.1. The molecule has 28 heavy (non-hydrogen) atoms. The Morgan fingerprint density at radius 3 is 2.25 bits per heavy atom. The van der Waals surface area contributed by atoms with Gasteiger partial charge in [0.05, 0.1) is 11.4 Å². The lowest BCUT2D eigenvalue weighted by Gasteiger charge is -2.37. The van der Waals surface area contributed by atoms with E-state index in [-0.39, 0.29) is 5.92 Å². The minimum atomic E-state index is -3.66. The van der Waals surface area contributed by atoms with Crippen molar-refractivity contribution in [2.24, 2.45) is 5.73 Å². The zero-order chi connectivity index (χ0) is 20.3. The first kappa shape index (κ1) is 20.4. The Labute approximate surface area is 166 Å². The van der Waals surface area contributed by atoms with E-state index in [1.165, 1.54) is 4.90 Å². The summed E-state index contributed by atoms with van der Waals surface area (Å²) in [6, 6.07) is 17.4. The molecule has 7 heteroatoms. The van der Waals surface area contributed by atoms with Crippen molar-refractivity contribution in [1.29, 1.82) is 0 Å². The van der Waals surface area contributed by atoms with E-state index < -0.39 is 27.5 Å². The van der Waals surface area contributed by atoms with Gasteiger partial charge in [-0.25, -0.2) is 4.79 Å². The maximum atomic E-state index is 12.3. The van der Waals surface area contributed by atoms with Crippen LogP contribution < -0.4 is 5.73 Å². The Bertz CT molecular complexity index is 911. The number of rotatable bonds is 5. The van der Waals surface area contributed by atoms with E-state index in [0.29, 0.717) is 19.5 Å². The summed E-state index contributed by atoms with van der Waals surface area (Å²) in [5, 5.41) is -0.622. The van der Waals surface area contributed by atoms with Crippen LogP contribution >= 0.6 is 0 Å². The van der Waals surface area contributed by atoms with Crippen LogP contribution in [0.2, 0.25) is 0 Å². The number of benzene rings is 2. The molecule has 2 amide bonds. The predicted molar refractivity (Wildman–Crippen MR) is 109 cm³/mol. The highest BCUT2D eigenvalue weighted by molar-refractivity contribution is 7.87. The van der Waals surface area contributed by atoms with E-state index in [0.717, 1.165) is 16.7 Å². The van der Waals surface area contributed by atoms with E-state index >= 15 is 0 Å². The lowest BCUT2D eigenvalue weighted by atomic mass is 9.87. The van der Waals surface area contributed by atoms with Crippen molar-refractivity contribution in [1.82, 2.24) is 4.90 Å². The van der Waals surface area contributed by atoms with Gasteiger partial charge in [0.15, 0.2) is 0 Å². The van der Waals surface area contributed by atoms with Gasteiger partial charge in [-0.3, -0.25) is 4.18 Å². The molecule has 1 fully saturated rings. The molecular formula is C21H26N2O4S. The fourth-order valence-corrected chi connectivity index (χ4v) is 4.20. The number of amides is 2. The normalized spacial score (nSPS) is 20.3. The van der Waals surface area contributed by atoms with Gasteiger partial charge < -0.3 is 10.6 Å². The number of hydrogen-bond donors (Lipinski definition) is 1. The Kier molecular flexibility index (Phi) is 6.05. The van der Waals surface area contributed by atoms with Crippen LogP contribution in [0.5, 0.6) is 0 Å². The van der Waals surface area contributed by atoms with Crippen molar-refractivity contribution >= 4 is 16.1 Å². The van der Waals surface area contributed by atoms with Crippen LogP contribution in [0.4, 0.5) is 4.79 Å². The van der Waals surface area contributed by atoms with Crippen LogP contribution in [0.15, 0.2) is 54.6 Å². The summed E-state index contributed by atoms with van der Waals surface area (Å²) in [4.78, 5) is 13.2. The molecular weight excluding hydrogens is 376 g/mol. The van der Waals surface area contributed by atoms with Crippen LogP contribution in [0.3, 0.4) is 0 Å². The average molecular weight is 403 g/mol. The summed E-state index contributed by atoms with van der Waals surface area (Å²) in [5.74, 6) is -0.264. The Hall–Kier alpha value is -2.38. The van der Waals surface area contributed by atoms with E-state index in [1.54, 1.807) is 13.8 Å². The summed E-state index contributed by atoms with van der Waals surface area (Å²) >= 11 is 0. The molecule has 0 bridgehead atoms. The molecule has 0 aromatic heterocycles. The van der Waals surface area contributed by atoms with E-state index in [1.807, 2.05) is 54.6 Å². The maximum Gasteiger partial charge on any atom is 0.314 e. The third kappa shape index (κ3) is 4.54. The molecule has 2 atom stereocenters. The smallest absolute Gasteiger partial charge is 0.314 e. The van der Waals surface area contributed by atoms with Crippen molar-refractivity contribution in [2.45, 2.75) is 37.5 Å². The van der Waals surface area contributed by atoms with Crippen molar-refractivity contribution in [3.63, 3.8) is 0 Å². The Balaban J connectivity index is 1.88. The van der Waals surface area contributed by atoms with Gasteiger partial charge in [0.25, 0.3) is 10.1 Å². The molecule has 1 heterocycles. The molecule has 0 radical (unpaired) electrons. The van der Waals surface area contributed by atoms with Gasteiger partial charge in [-0.1, -0.05) is 54.6 Å².